The number of methoxy groups -OCH3 is 1. The summed E-state index contributed by atoms with van der Waals surface area (Å²) in [7, 11) is 5.83. The number of hydrogen-bond donors (Lipinski definition) is 1. The number of nitrogens with one attached hydrogen (secondary N) is 1. The fraction of sp³-hybridized carbons (Fsp3) is 0.818. The molecule has 0 aromatic carbocycles. The molecule has 0 aromatic heterocycles. The van der Waals surface area contributed by atoms with E-state index in [4.69, 9.17) is 4.74 Å². The van der Waals surface area contributed by atoms with Crippen molar-refractivity contribution in [2.45, 2.75) is 25.8 Å². The zero-order chi connectivity index (χ0) is 10.8. The molecular formula is C11H24N2O. The van der Waals surface area contributed by atoms with Gasteiger partial charge in [0, 0.05) is 33.4 Å². The first-order valence-electron chi connectivity index (χ1n) is 5.29. The van der Waals surface area contributed by atoms with E-state index in [2.05, 4.69) is 30.3 Å². The lowest BCUT2D eigenvalue weighted by atomic mass is 10.2. The van der Waals surface area contributed by atoms with Gasteiger partial charge in [0.15, 0.2) is 0 Å². The Balaban J connectivity index is 3.78. The quantitative estimate of drug-likeness (QED) is 0.600. The summed E-state index contributed by atoms with van der Waals surface area (Å²) < 4.78 is 5.03. The van der Waals surface area contributed by atoms with Gasteiger partial charge in [-0.1, -0.05) is 13.0 Å². The molecule has 0 aliphatic heterocycles. The topological polar surface area (TPSA) is 24.5 Å². The monoisotopic (exact) mass is 200 g/mol. The van der Waals surface area contributed by atoms with Crippen LogP contribution >= 0.6 is 0 Å². The van der Waals surface area contributed by atoms with Crippen LogP contribution in [-0.4, -0.2) is 45.3 Å². The maximum absolute atomic E-state index is 5.03. The zero-order valence-electron chi connectivity index (χ0n) is 9.92. The van der Waals surface area contributed by atoms with Crippen LogP contribution in [0, 0.1) is 0 Å². The third kappa shape index (κ3) is 6.00. The highest BCUT2D eigenvalue weighted by molar-refractivity contribution is 4.91. The van der Waals surface area contributed by atoms with Crippen molar-refractivity contribution in [1.29, 1.82) is 0 Å². The van der Waals surface area contributed by atoms with Crippen molar-refractivity contribution in [2.75, 3.05) is 34.4 Å². The number of likely N-dealkylation sites (N-methyl/N-ethyl adjacent to an activating group) is 1. The molecule has 84 valence electrons. The van der Waals surface area contributed by atoms with Crippen molar-refractivity contribution < 1.29 is 4.74 Å². The highest BCUT2D eigenvalue weighted by Crippen LogP contribution is 2.03. The minimum Gasteiger partial charge on any atom is -0.394 e. The fourth-order valence-electron chi connectivity index (χ4n) is 1.43. The van der Waals surface area contributed by atoms with Crippen molar-refractivity contribution in [3.05, 3.63) is 12.3 Å². The molecule has 1 N–H and O–H groups in total. The molecule has 0 aliphatic rings. The third-order valence-corrected chi connectivity index (χ3v) is 2.33. The number of rotatable bonds is 8. The minimum atomic E-state index is 0.527. The summed E-state index contributed by atoms with van der Waals surface area (Å²) in [5.41, 5.74) is 0. The molecule has 0 heterocycles. The van der Waals surface area contributed by atoms with Crippen molar-refractivity contribution in [3.8, 4) is 0 Å². The zero-order valence-corrected chi connectivity index (χ0v) is 9.92. The number of ether oxygens (including phenoxy) is 1. The van der Waals surface area contributed by atoms with E-state index in [1.165, 1.54) is 0 Å². The Morgan fingerprint density at radius 3 is 2.71 bits per heavy atom. The van der Waals surface area contributed by atoms with Gasteiger partial charge in [-0.3, -0.25) is 4.90 Å². The molecule has 3 heteroatoms. The molecule has 3 nitrogen and oxygen atoms in total. The summed E-state index contributed by atoms with van der Waals surface area (Å²) in [4.78, 5) is 2.35. The number of hydrogen-bond acceptors (Lipinski definition) is 3. The van der Waals surface area contributed by atoms with Crippen LogP contribution in [0.3, 0.4) is 0 Å². The SMILES string of the molecule is CCC(/C=C/NC)N(C)CCCOC. The second kappa shape index (κ2) is 9.03. The van der Waals surface area contributed by atoms with E-state index >= 15 is 0 Å². The normalized spacial score (nSPS) is 13.8. The summed E-state index contributed by atoms with van der Waals surface area (Å²) >= 11 is 0. The average Bonchev–Trinajstić information content (AvgIpc) is 2.19. The van der Waals surface area contributed by atoms with E-state index in [1.807, 2.05) is 13.2 Å². The molecule has 1 atom stereocenters. The highest BCUT2D eigenvalue weighted by atomic mass is 16.5. The predicted octanol–water partition coefficient (Wildman–Crippen LogP) is 1.47. The first-order chi connectivity index (χ1) is 6.76. The summed E-state index contributed by atoms with van der Waals surface area (Å²) in [6, 6.07) is 0.527. The standard InChI is InChI=1S/C11H24N2O/c1-5-11(7-8-12-2)13(3)9-6-10-14-4/h7-8,11-12H,5-6,9-10H2,1-4H3/b8-7+. The van der Waals surface area contributed by atoms with Crippen LogP contribution in [0.25, 0.3) is 0 Å². The van der Waals surface area contributed by atoms with E-state index in [-0.39, 0.29) is 0 Å². The smallest absolute Gasteiger partial charge is 0.0474 e. The van der Waals surface area contributed by atoms with Crippen molar-refractivity contribution in [3.63, 3.8) is 0 Å². The Morgan fingerprint density at radius 1 is 1.50 bits per heavy atom. The van der Waals surface area contributed by atoms with E-state index in [9.17, 15) is 0 Å². The summed E-state index contributed by atoms with van der Waals surface area (Å²) in [6.45, 7) is 4.13. The van der Waals surface area contributed by atoms with Gasteiger partial charge in [0.1, 0.15) is 0 Å². The first kappa shape index (κ1) is 13.5. The lowest BCUT2D eigenvalue weighted by Crippen LogP contribution is -2.31. The third-order valence-electron chi connectivity index (χ3n) is 2.33. The Morgan fingerprint density at radius 2 is 2.21 bits per heavy atom. The van der Waals surface area contributed by atoms with Crippen molar-refractivity contribution in [1.82, 2.24) is 10.2 Å². The van der Waals surface area contributed by atoms with Crippen LogP contribution in [0.2, 0.25) is 0 Å². The Labute approximate surface area is 88.1 Å². The van der Waals surface area contributed by atoms with Crippen LogP contribution in [-0.2, 0) is 4.74 Å². The largest absolute Gasteiger partial charge is 0.394 e. The van der Waals surface area contributed by atoms with Gasteiger partial charge in [0.05, 0.1) is 0 Å². The van der Waals surface area contributed by atoms with Gasteiger partial charge in [-0.15, -0.1) is 0 Å². The maximum Gasteiger partial charge on any atom is 0.0474 e. The highest BCUT2D eigenvalue weighted by Gasteiger charge is 2.07. The van der Waals surface area contributed by atoms with Gasteiger partial charge in [-0.05, 0) is 26.1 Å². The Kier molecular flexibility index (Phi) is 8.68. The first-order valence-corrected chi connectivity index (χ1v) is 5.29. The second-order valence-electron chi connectivity index (χ2n) is 3.45. The summed E-state index contributed by atoms with van der Waals surface area (Å²) in [5, 5.41) is 3.02. The molecule has 0 aliphatic carbocycles. The Hall–Kier alpha value is -0.540. The minimum absolute atomic E-state index is 0.527. The fourth-order valence-corrected chi connectivity index (χ4v) is 1.43. The van der Waals surface area contributed by atoms with Gasteiger partial charge in [0.2, 0.25) is 0 Å². The molecule has 0 saturated heterocycles. The van der Waals surface area contributed by atoms with E-state index in [1.54, 1.807) is 7.11 Å². The van der Waals surface area contributed by atoms with Crippen LogP contribution in [0.5, 0.6) is 0 Å². The maximum atomic E-state index is 5.03. The van der Waals surface area contributed by atoms with Gasteiger partial charge >= 0.3 is 0 Å². The lowest BCUT2D eigenvalue weighted by molar-refractivity contribution is 0.172. The van der Waals surface area contributed by atoms with E-state index in [0.717, 1.165) is 26.0 Å². The summed E-state index contributed by atoms with van der Waals surface area (Å²) in [5.74, 6) is 0. The van der Waals surface area contributed by atoms with Crippen molar-refractivity contribution in [2.24, 2.45) is 0 Å². The molecule has 0 saturated carbocycles. The van der Waals surface area contributed by atoms with E-state index in [0.29, 0.717) is 6.04 Å². The molecule has 14 heavy (non-hydrogen) atoms. The molecule has 0 radical (unpaired) electrons. The van der Waals surface area contributed by atoms with Gasteiger partial charge in [-0.25, -0.2) is 0 Å². The van der Waals surface area contributed by atoms with Crippen LogP contribution in [0.15, 0.2) is 12.3 Å². The molecule has 0 aromatic rings. The molecule has 0 rings (SSSR count). The average molecular weight is 200 g/mol. The van der Waals surface area contributed by atoms with Crippen LogP contribution in [0.4, 0.5) is 0 Å². The molecular weight excluding hydrogens is 176 g/mol. The molecule has 0 amide bonds. The molecule has 0 bridgehead atoms. The molecule has 0 spiro atoms. The molecule has 0 fully saturated rings. The lowest BCUT2D eigenvalue weighted by Gasteiger charge is -2.24. The number of nitrogens with zero attached hydrogens (tertiary/aromatic N) is 1. The van der Waals surface area contributed by atoms with Gasteiger partial charge < -0.3 is 10.1 Å². The van der Waals surface area contributed by atoms with Crippen LogP contribution in [0.1, 0.15) is 19.8 Å². The molecule has 1 unspecified atom stereocenters. The Bertz CT molecular complexity index is 148. The van der Waals surface area contributed by atoms with Gasteiger partial charge in [-0.2, -0.15) is 0 Å². The van der Waals surface area contributed by atoms with E-state index < -0.39 is 0 Å². The second-order valence-corrected chi connectivity index (χ2v) is 3.45. The van der Waals surface area contributed by atoms with Gasteiger partial charge in [0.25, 0.3) is 0 Å². The van der Waals surface area contributed by atoms with Crippen molar-refractivity contribution >= 4 is 0 Å². The van der Waals surface area contributed by atoms with Crippen LogP contribution < -0.4 is 5.32 Å². The predicted molar refractivity (Wildman–Crippen MR) is 61.4 cm³/mol. The summed E-state index contributed by atoms with van der Waals surface area (Å²) in [6.07, 6.45) is 6.44.